The van der Waals surface area contributed by atoms with Crippen molar-refractivity contribution in [3.8, 4) is 5.75 Å². The van der Waals surface area contributed by atoms with Crippen molar-refractivity contribution in [3.63, 3.8) is 0 Å². The van der Waals surface area contributed by atoms with Crippen LogP contribution in [0, 0.1) is 5.82 Å². The van der Waals surface area contributed by atoms with E-state index in [-0.39, 0.29) is 22.9 Å². The molecule has 4 nitrogen and oxygen atoms in total. The Morgan fingerprint density at radius 1 is 1.28 bits per heavy atom. The van der Waals surface area contributed by atoms with Gasteiger partial charge in [0.25, 0.3) is 5.91 Å². The Balaban J connectivity index is 0.00000109. The van der Waals surface area contributed by atoms with Gasteiger partial charge in [-0.1, -0.05) is 37.0 Å². The number of thiazole rings is 1. The highest BCUT2D eigenvalue weighted by Crippen LogP contribution is 2.29. The lowest BCUT2D eigenvalue weighted by molar-refractivity contribution is 0.0995. The van der Waals surface area contributed by atoms with Crippen LogP contribution in [-0.4, -0.2) is 10.9 Å². The smallest absolute Gasteiger partial charge is 0.253 e. The van der Waals surface area contributed by atoms with Crippen LogP contribution >= 0.6 is 34.5 Å². The number of halogens is 3. The molecule has 132 valence electrons. The summed E-state index contributed by atoms with van der Waals surface area (Å²) in [6, 6.07) is 8.06. The first-order valence-corrected chi connectivity index (χ1v) is 8.98. The third-order valence-electron chi connectivity index (χ3n) is 3.05. The standard InChI is InChI=1S/C15H9Cl2FN2O2S.C2H6/c16-7-1-4-11-9(5-7)20-12(23-11)6-22-10-3-2-8(17)13(14(10)18)15(19)21;1-2/h1-5H,6H2,(H2,19,21);1-2H3. The molecule has 1 amide bonds. The fraction of sp³-hybridized carbons (Fsp3) is 0.176. The minimum Gasteiger partial charge on any atom is -0.483 e. The molecular formula is C17H15Cl2FN2O2S. The average molecular weight is 401 g/mol. The zero-order valence-electron chi connectivity index (χ0n) is 13.5. The van der Waals surface area contributed by atoms with Gasteiger partial charge in [-0.15, -0.1) is 11.3 Å². The van der Waals surface area contributed by atoms with Crippen molar-refractivity contribution in [3.05, 3.63) is 56.8 Å². The van der Waals surface area contributed by atoms with Crippen LogP contribution in [0.3, 0.4) is 0 Å². The Kier molecular flexibility index (Phi) is 6.58. The second-order valence-corrected chi connectivity index (χ2v) is 6.57. The minimum atomic E-state index is -0.951. The number of benzene rings is 2. The molecule has 1 heterocycles. The van der Waals surface area contributed by atoms with Gasteiger partial charge in [-0.2, -0.15) is 0 Å². The third kappa shape index (κ3) is 4.39. The summed E-state index contributed by atoms with van der Waals surface area (Å²) in [4.78, 5) is 15.6. The molecule has 0 aliphatic heterocycles. The summed E-state index contributed by atoms with van der Waals surface area (Å²) in [6.07, 6.45) is 0. The first-order valence-electron chi connectivity index (χ1n) is 7.41. The van der Waals surface area contributed by atoms with Gasteiger partial charge in [-0.3, -0.25) is 4.79 Å². The van der Waals surface area contributed by atoms with Crippen LogP contribution in [-0.2, 0) is 6.61 Å². The van der Waals surface area contributed by atoms with E-state index in [4.69, 9.17) is 33.7 Å². The number of carbonyl (C=O) groups is 1. The second-order valence-electron chi connectivity index (χ2n) is 4.61. The Bertz CT molecular complexity index is 915. The number of hydrogen-bond acceptors (Lipinski definition) is 4. The number of nitrogens with two attached hydrogens (primary N) is 1. The van der Waals surface area contributed by atoms with Crippen molar-refractivity contribution < 1.29 is 13.9 Å². The fourth-order valence-corrected chi connectivity index (χ4v) is 3.29. The number of primary amides is 1. The van der Waals surface area contributed by atoms with Crippen LogP contribution in [0.25, 0.3) is 10.2 Å². The molecule has 0 bridgehead atoms. The number of aromatic nitrogens is 1. The number of fused-ring (bicyclic) bond motifs is 1. The van der Waals surface area contributed by atoms with E-state index < -0.39 is 11.7 Å². The molecule has 0 radical (unpaired) electrons. The molecule has 0 aliphatic rings. The first-order chi connectivity index (χ1) is 12.0. The van der Waals surface area contributed by atoms with Crippen LogP contribution in [0.1, 0.15) is 29.2 Å². The molecule has 0 saturated heterocycles. The number of hydrogen-bond donors (Lipinski definition) is 1. The molecule has 1 aromatic heterocycles. The predicted molar refractivity (Wildman–Crippen MR) is 100 cm³/mol. The second kappa shape index (κ2) is 8.47. The van der Waals surface area contributed by atoms with Gasteiger partial charge in [0.2, 0.25) is 0 Å². The lowest BCUT2D eigenvalue weighted by Gasteiger charge is -2.08. The SMILES string of the molecule is CC.NC(=O)c1c(Cl)ccc(OCc2nc3cc(Cl)ccc3s2)c1F. The highest BCUT2D eigenvalue weighted by atomic mass is 35.5. The van der Waals surface area contributed by atoms with E-state index in [9.17, 15) is 9.18 Å². The maximum Gasteiger partial charge on any atom is 0.253 e. The zero-order chi connectivity index (χ0) is 18.6. The summed E-state index contributed by atoms with van der Waals surface area (Å²) in [5, 5.41) is 1.18. The molecule has 25 heavy (non-hydrogen) atoms. The van der Waals surface area contributed by atoms with E-state index >= 15 is 0 Å². The van der Waals surface area contributed by atoms with Crippen molar-refractivity contribution in [1.29, 1.82) is 0 Å². The molecule has 2 N–H and O–H groups in total. The monoisotopic (exact) mass is 400 g/mol. The van der Waals surface area contributed by atoms with Crippen molar-refractivity contribution >= 4 is 50.7 Å². The Labute approximate surface area is 158 Å². The van der Waals surface area contributed by atoms with Crippen LogP contribution < -0.4 is 10.5 Å². The van der Waals surface area contributed by atoms with Gasteiger partial charge in [0.15, 0.2) is 11.6 Å². The summed E-state index contributed by atoms with van der Waals surface area (Å²) in [5.74, 6) is -1.94. The molecule has 8 heteroatoms. The molecule has 3 rings (SSSR count). The number of carbonyl (C=O) groups excluding carboxylic acids is 1. The normalized spacial score (nSPS) is 10.3. The van der Waals surface area contributed by atoms with E-state index in [1.54, 1.807) is 12.1 Å². The van der Waals surface area contributed by atoms with Gasteiger partial charge >= 0.3 is 0 Å². The van der Waals surface area contributed by atoms with Gasteiger partial charge in [0.1, 0.15) is 11.6 Å². The summed E-state index contributed by atoms with van der Waals surface area (Å²) < 4.78 is 20.5. The highest BCUT2D eigenvalue weighted by Gasteiger charge is 2.18. The maximum atomic E-state index is 14.2. The lowest BCUT2D eigenvalue weighted by atomic mass is 10.2. The van der Waals surface area contributed by atoms with E-state index in [0.29, 0.717) is 10.0 Å². The number of nitrogens with zero attached hydrogens (tertiary/aromatic N) is 1. The number of ether oxygens (including phenoxy) is 1. The number of amides is 1. The largest absolute Gasteiger partial charge is 0.483 e. The summed E-state index contributed by atoms with van der Waals surface area (Å²) in [6.45, 7) is 4.05. The average Bonchev–Trinajstić information content (AvgIpc) is 2.97. The van der Waals surface area contributed by atoms with Crippen molar-refractivity contribution in [2.24, 2.45) is 5.73 Å². The van der Waals surface area contributed by atoms with E-state index in [0.717, 1.165) is 10.2 Å². The Morgan fingerprint density at radius 2 is 2.00 bits per heavy atom. The molecule has 0 atom stereocenters. The molecule has 0 aliphatic carbocycles. The topological polar surface area (TPSA) is 65.2 Å². The van der Waals surface area contributed by atoms with Crippen molar-refractivity contribution in [1.82, 2.24) is 4.98 Å². The van der Waals surface area contributed by atoms with Crippen LogP contribution in [0.4, 0.5) is 4.39 Å². The van der Waals surface area contributed by atoms with Crippen LogP contribution in [0.15, 0.2) is 30.3 Å². The van der Waals surface area contributed by atoms with Crippen LogP contribution in [0.5, 0.6) is 5.75 Å². The number of rotatable bonds is 4. The molecule has 3 aromatic rings. The van der Waals surface area contributed by atoms with E-state index in [1.807, 2.05) is 19.9 Å². The highest BCUT2D eigenvalue weighted by molar-refractivity contribution is 7.18. The van der Waals surface area contributed by atoms with E-state index in [2.05, 4.69) is 4.98 Å². The molecule has 2 aromatic carbocycles. The van der Waals surface area contributed by atoms with E-state index in [1.165, 1.54) is 23.5 Å². The first kappa shape index (κ1) is 19.4. The zero-order valence-corrected chi connectivity index (χ0v) is 15.8. The molecule has 0 spiro atoms. The third-order valence-corrected chi connectivity index (χ3v) is 4.61. The quantitative estimate of drug-likeness (QED) is 0.633. The molecule has 0 saturated carbocycles. The Morgan fingerprint density at radius 3 is 2.68 bits per heavy atom. The molecule has 0 unspecified atom stereocenters. The fourth-order valence-electron chi connectivity index (χ4n) is 2.02. The Hall–Kier alpha value is -1.89. The maximum absolute atomic E-state index is 14.2. The van der Waals surface area contributed by atoms with Gasteiger partial charge in [0, 0.05) is 5.02 Å². The molecular weight excluding hydrogens is 386 g/mol. The van der Waals surface area contributed by atoms with Crippen molar-refractivity contribution in [2.45, 2.75) is 20.5 Å². The molecule has 0 fully saturated rings. The van der Waals surface area contributed by atoms with Gasteiger partial charge in [-0.25, -0.2) is 9.37 Å². The van der Waals surface area contributed by atoms with Crippen LogP contribution in [0.2, 0.25) is 10.0 Å². The van der Waals surface area contributed by atoms with Gasteiger partial charge in [0.05, 0.1) is 20.8 Å². The summed E-state index contributed by atoms with van der Waals surface area (Å²) in [7, 11) is 0. The minimum absolute atomic E-state index is 0.0493. The lowest BCUT2D eigenvalue weighted by Crippen LogP contribution is -2.14. The predicted octanol–water partition coefficient (Wildman–Crippen LogP) is 5.45. The van der Waals surface area contributed by atoms with Crippen molar-refractivity contribution in [2.75, 3.05) is 0 Å². The summed E-state index contributed by atoms with van der Waals surface area (Å²) >= 11 is 13.1. The van der Waals surface area contributed by atoms with Gasteiger partial charge in [-0.05, 0) is 30.3 Å². The van der Waals surface area contributed by atoms with Gasteiger partial charge < -0.3 is 10.5 Å². The summed E-state index contributed by atoms with van der Waals surface area (Å²) in [5.41, 5.74) is 5.47.